The zero-order valence-corrected chi connectivity index (χ0v) is 12.9. The van der Waals surface area contributed by atoms with Gasteiger partial charge in [-0.15, -0.1) is 0 Å². The van der Waals surface area contributed by atoms with Crippen molar-refractivity contribution in [3.63, 3.8) is 0 Å². The fourth-order valence-electron chi connectivity index (χ4n) is 2.52. The number of methoxy groups -OCH3 is 1. The average Bonchev–Trinajstić information content (AvgIpc) is 2.31. The van der Waals surface area contributed by atoms with Crippen molar-refractivity contribution in [2.45, 2.75) is 37.6 Å². The Morgan fingerprint density at radius 1 is 1.35 bits per heavy atom. The Morgan fingerprint density at radius 2 is 2.00 bits per heavy atom. The standard InChI is InChI=1S/C14H22N2O3S/c1-9(2)10-6-11(7-10)16-13-8-12(20(15,17)18)4-5-14(13)19-3/h4-5,8-11,16H,6-7H2,1-3H3,(H2,15,17,18). The van der Waals surface area contributed by atoms with Crippen molar-refractivity contribution in [1.29, 1.82) is 0 Å². The molecule has 1 fully saturated rings. The van der Waals surface area contributed by atoms with Crippen LogP contribution in [-0.4, -0.2) is 21.6 Å². The lowest BCUT2D eigenvalue weighted by Gasteiger charge is -2.39. The first-order valence-electron chi connectivity index (χ1n) is 6.78. The minimum absolute atomic E-state index is 0.0977. The number of sulfonamides is 1. The molecule has 0 radical (unpaired) electrons. The van der Waals surface area contributed by atoms with Crippen LogP contribution in [0.2, 0.25) is 0 Å². The number of nitrogens with one attached hydrogen (secondary N) is 1. The predicted molar refractivity (Wildman–Crippen MR) is 79.3 cm³/mol. The smallest absolute Gasteiger partial charge is 0.238 e. The van der Waals surface area contributed by atoms with E-state index in [0.717, 1.165) is 18.8 Å². The molecule has 0 amide bonds. The number of rotatable bonds is 5. The maximum atomic E-state index is 11.4. The summed E-state index contributed by atoms with van der Waals surface area (Å²) in [5.41, 5.74) is 0.686. The van der Waals surface area contributed by atoms with E-state index >= 15 is 0 Å². The molecule has 6 heteroatoms. The monoisotopic (exact) mass is 298 g/mol. The Balaban J connectivity index is 2.14. The minimum Gasteiger partial charge on any atom is -0.495 e. The molecule has 2 rings (SSSR count). The second-order valence-corrected chi connectivity index (χ2v) is 7.29. The summed E-state index contributed by atoms with van der Waals surface area (Å²) in [7, 11) is -2.13. The first-order valence-corrected chi connectivity index (χ1v) is 8.33. The molecule has 0 bridgehead atoms. The molecule has 0 aromatic heterocycles. The quantitative estimate of drug-likeness (QED) is 0.873. The second-order valence-electron chi connectivity index (χ2n) is 5.72. The highest BCUT2D eigenvalue weighted by atomic mass is 32.2. The van der Waals surface area contributed by atoms with Crippen molar-refractivity contribution in [3.8, 4) is 5.75 Å². The van der Waals surface area contributed by atoms with Gasteiger partial charge in [0.2, 0.25) is 10.0 Å². The first kappa shape index (κ1) is 15.1. The summed E-state index contributed by atoms with van der Waals surface area (Å²) in [5, 5.41) is 8.51. The maximum Gasteiger partial charge on any atom is 0.238 e. The van der Waals surface area contributed by atoms with Crippen molar-refractivity contribution in [2.24, 2.45) is 17.0 Å². The number of anilines is 1. The largest absolute Gasteiger partial charge is 0.495 e. The molecule has 5 nitrogen and oxygen atoms in total. The average molecular weight is 298 g/mol. The molecule has 0 saturated heterocycles. The van der Waals surface area contributed by atoms with Gasteiger partial charge in [-0.3, -0.25) is 0 Å². The van der Waals surface area contributed by atoms with Crippen LogP contribution in [0.25, 0.3) is 0 Å². The highest BCUT2D eigenvalue weighted by Gasteiger charge is 2.31. The topological polar surface area (TPSA) is 81.4 Å². The van der Waals surface area contributed by atoms with Crippen molar-refractivity contribution >= 4 is 15.7 Å². The van der Waals surface area contributed by atoms with Crippen molar-refractivity contribution in [1.82, 2.24) is 0 Å². The third kappa shape index (κ3) is 3.24. The molecule has 0 unspecified atom stereocenters. The summed E-state index contributed by atoms with van der Waals surface area (Å²) in [6.07, 6.45) is 2.20. The lowest BCUT2D eigenvalue weighted by atomic mass is 9.73. The van der Waals surface area contributed by atoms with E-state index in [1.807, 2.05) is 0 Å². The Kier molecular flexibility index (Phi) is 4.25. The van der Waals surface area contributed by atoms with Crippen LogP contribution in [-0.2, 0) is 10.0 Å². The van der Waals surface area contributed by atoms with E-state index < -0.39 is 10.0 Å². The minimum atomic E-state index is -3.69. The lowest BCUT2D eigenvalue weighted by molar-refractivity contribution is 0.211. The fourth-order valence-corrected chi connectivity index (χ4v) is 3.06. The summed E-state index contributed by atoms with van der Waals surface area (Å²) in [6, 6.07) is 4.99. The molecule has 1 aliphatic rings. The molecule has 112 valence electrons. The molecule has 0 spiro atoms. The molecule has 1 aromatic rings. The summed E-state index contributed by atoms with van der Waals surface area (Å²) < 4.78 is 28.1. The van der Waals surface area contributed by atoms with Crippen LogP contribution >= 0.6 is 0 Å². The van der Waals surface area contributed by atoms with Gasteiger partial charge in [-0.1, -0.05) is 13.8 Å². The number of nitrogens with two attached hydrogens (primary N) is 1. The number of hydrogen-bond donors (Lipinski definition) is 2. The Labute approximate surface area is 120 Å². The van der Waals surface area contributed by atoms with Gasteiger partial charge < -0.3 is 10.1 Å². The summed E-state index contributed by atoms with van der Waals surface area (Å²) in [4.78, 5) is 0.0977. The van der Waals surface area contributed by atoms with Crippen LogP contribution in [0, 0.1) is 11.8 Å². The Bertz CT molecular complexity index is 578. The van der Waals surface area contributed by atoms with E-state index in [4.69, 9.17) is 9.88 Å². The first-order chi connectivity index (χ1) is 9.31. The van der Waals surface area contributed by atoms with Gasteiger partial charge in [0.15, 0.2) is 0 Å². The summed E-state index contributed by atoms with van der Waals surface area (Å²) >= 11 is 0. The van der Waals surface area contributed by atoms with Crippen molar-refractivity contribution < 1.29 is 13.2 Å². The second kappa shape index (κ2) is 5.61. The van der Waals surface area contributed by atoms with E-state index in [1.165, 1.54) is 12.1 Å². The molecule has 1 aromatic carbocycles. The van der Waals surface area contributed by atoms with Gasteiger partial charge in [-0.05, 0) is 42.9 Å². The van der Waals surface area contributed by atoms with Crippen molar-refractivity contribution in [2.75, 3.05) is 12.4 Å². The van der Waals surface area contributed by atoms with Gasteiger partial charge in [0.25, 0.3) is 0 Å². The van der Waals surface area contributed by atoms with E-state index in [0.29, 0.717) is 23.4 Å². The molecule has 0 aliphatic heterocycles. The van der Waals surface area contributed by atoms with Gasteiger partial charge in [0.05, 0.1) is 17.7 Å². The number of ether oxygens (including phenoxy) is 1. The zero-order valence-electron chi connectivity index (χ0n) is 12.1. The highest BCUT2D eigenvalue weighted by molar-refractivity contribution is 7.89. The third-order valence-electron chi connectivity index (χ3n) is 3.98. The molecule has 1 saturated carbocycles. The van der Waals surface area contributed by atoms with E-state index in [9.17, 15) is 8.42 Å². The van der Waals surface area contributed by atoms with Crippen LogP contribution in [0.15, 0.2) is 23.1 Å². The van der Waals surface area contributed by atoms with Crippen LogP contribution in [0.1, 0.15) is 26.7 Å². The Hall–Kier alpha value is -1.27. The van der Waals surface area contributed by atoms with Gasteiger partial charge in [0.1, 0.15) is 5.75 Å². The van der Waals surface area contributed by atoms with E-state index in [1.54, 1.807) is 13.2 Å². The number of primary sulfonamides is 1. The SMILES string of the molecule is COc1ccc(S(N)(=O)=O)cc1NC1CC(C(C)C)C1. The third-order valence-corrected chi connectivity index (χ3v) is 4.89. The predicted octanol–water partition coefficient (Wildman–Crippen LogP) is 2.19. The van der Waals surface area contributed by atoms with E-state index in [2.05, 4.69) is 19.2 Å². The fraction of sp³-hybridized carbons (Fsp3) is 0.571. The molecule has 1 aliphatic carbocycles. The van der Waals surface area contributed by atoms with Gasteiger partial charge in [-0.2, -0.15) is 0 Å². The van der Waals surface area contributed by atoms with Crippen LogP contribution in [0.5, 0.6) is 5.75 Å². The summed E-state index contributed by atoms with van der Waals surface area (Å²) in [5.74, 6) is 2.05. The van der Waals surface area contributed by atoms with Gasteiger partial charge in [-0.25, -0.2) is 13.6 Å². The van der Waals surface area contributed by atoms with Gasteiger partial charge in [0, 0.05) is 6.04 Å². The molecular formula is C14H22N2O3S. The zero-order chi connectivity index (χ0) is 14.9. The van der Waals surface area contributed by atoms with Crippen LogP contribution in [0.4, 0.5) is 5.69 Å². The Morgan fingerprint density at radius 3 is 2.50 bits per heavy atom. The normalized spacial score (nSPS) is 22.4. The molecule has 3 N–H and O–H groups in total. The maximum absolute atomic E-state index is 11.4. The van der Waals surface area contributed by atoms with Crippen molar-refractivity contribution in [3.05, 3.63) is 18.2 Å². The van der Waals surface area contributed by atoms with Crippen LogP contribution < -0.4 is 15.2 Å². The van der Waals surface area contributed by atoms with Crippen LogP contribution in [0.3, 0.4) is 0 Å². The highest BCUT2D eigenvalue weighted by Crippen LogP contribution is 2.37. The molecular weight excluding hydrogens is 276 g/mol. The molecule has 0 atom stereocenters. The lowest BCUT2D eigenvalue weighted by Crippen LogP contribution is -2.38. The van der Waals surface area contributed by atoms with Gasteiger partial charge >= 0.3 is 0 Å². The molecule has 0 heterocycles. The number of benzene rings is 1. The molecule has 20 heavy (non-hydrogen) atoms. The van der Waals surface area contributed by atoms with E-state index in [-0.39, 0.29) is 4.90 Å². The summed E-state index contributed by atoms with van der Waals surface area (Å²) in [6.45, 7) is 4.45. The number of hydrogen-bond acceptors (Lipinski definition) is 4.